The normalized spacial score (nSPS) is 28.3. The van der Waals surface area contributed by atoms with Crippen LogP contribution in [0.25, 0.3) is 0 Å². The van der Waals surface area contributed by atoms with Gasteiger partial charge in [0.05, 0.1) is 18.8 Å². The molecule has 0 aromatic carbocycles. The maximum Gasteiger partial charge on any atom is 0.335 e. The van der Waals surface area contributed by atoms with Crippen molar-refractivity contribution < 1.29 is 29.6 Å². The second-order valence-electron chi connectivity index (χ2n) is 8.44. The molecule has 6 nitrogen and oxygen atoms in total. The Morgan fingerprint density at radius 1 is 1.45 bits per heavy atom. The molecular formula is C23H36O6. The molecule has 0 bridgehead atoms. The number of hydrogen-bond acceptors (Lipinski definition) is 6. The Morgan fingerprint density at radius 3 is 2.72 bits per heavy atom. The molecular weight excluding hydrogens is 372 g/mol. The fourth-order valence-electron chi connectivity index (χ4n) is 3.11. The SMILES string of the molecule is C#C[C@@H]1C[C@@H](O)[C@@](C)(CO)[C@H](C/C=C\C[C@@H](O)C(=O)OCC(=C)CCC(C)C)O1. The molecule has 1 aliphatic heterocycles. The number of terminal acetylenes is 1. The third-order valence-corrected chi connectivity index (χ3v) is 5.43. The van der Waals surface area contributed by atoms with E-state index in [0.717, 1.165) is 18.4 Å². The van der Waals surface area contributed by atoms with E-state index in [4.69, 9.17) is 15.9 Å². The van der Waals surface area contributed by atoms with Gasteiger partial charge in [-0.15, -0.1) is 6.42 Å². The number of ether oxygens (including phenoxy) is 2. The van der Waals surface area contributed by atoms with E-state index < -0.39 is 35.8 Å². The molecule has 0 saturated carbocycles. The summed E-state index contributed by atoms with van der Waals surface area (Å²) in [4.78, 5) is 11.9. The van der Waals surface area contributed by atoms with E-state index in [-0.39, 0.29) is 26.1 Å². The third-order valence-electron chi connectivity index (χ3n) is 5.43. The first-order chi connectivity index (χ1) is 13.6. The van der Waals surface area contributed by atoms with Crippen molar-refractivity contribution in [3.05, 3.63) is 24.3 Å². The summed E-state index contributed by atoms with van der Waals surface area (Å²) in [5, 5.41) is 30.0. The number of aliphatic hydroxyl groups excluding tert-OH is 3. The predicted molar refractivity (Wildman–Crippen MR) is 112 cm³/mol. The highest BCUT2D eigenvalue weighted by atomic mass is 16.5. The van der Waals surface area contributed by atoms with Crippen molar-refractivity contribution >= 4 is 5.97 Å². The van der Waals surface area contributed by atoms with E-state index in [0.29, 0.717) is 12.3 Å². The highest BCUT2D eigenvalue weighted by Crippen LogP contribution is 2.38. The van der Waals surface area contributed by atoms with Gasteiger partial charge in [0.1, 0.15) is 12.7 Å². The number of carbonyl (C=O) groups excluding carboxylic acids is 1. The molecule has 1 fully saturated rings. The Balaban J connectivity index is 2.46. The first kappa shape index (κ1) is 25.4. The number of carbonyl (C=O) groups is 1. The van der Waals surface area contributed by atoms with Gasteiger partial charge in [0.2, 0.25) is 0 Å². The van der Waals surface area contributed by atoms with Crippen LogP contribution in [-0.2, 0) is 14.3 Å². The number of hydrogen-bond donors (Lipinski definition) is 3. The summed E-state index contributed by atoms with van der Waals surface area (Å²) in [6, 6.07) is 0. The molecule has 29 heavy (non-hydrogen) atoms. The molecule has 1 saturated heterocycles. The van der Waals surface area contributed by atoms with Gasteiger partial charge in [0.15, 0.2) is 6.10 Å². The van der Waals surface area contributed by atoms with Gasteiger partial charge in [-0.2, -0.15) is 0 Å². The van der Waals surface area contributed by atoms with Gasteiger partial charge in [-0.1, -0.05) is 45.4 Å². The van der Waals surface area contributed by atoms with Gasteiger partial charge in [-0.3, -0.25) is 0 Å². The summed E-state index contributed by atoms with van der Waals surface area (Å²) in [5.74, 6) is 2.36. The zero-order chi connectivity index (χ0) is 22.0. The van der Waals surface area contributed by atoms with E-state index >= 15 is 0 Å². The molecule has 3 N–H and O–H groups in total. The van der Waals surface area contributed by atoms with Crippen LogP contribution in [0.2, 0.25) is 0 Å². The fraction of sp³-hybridized carbons (Fsp3) is 0.696. The number of esters is 1. The molecule has 0 radical (unpaired) electrons. The van der Waals surface area contributed by atoms with Crippen LogP contribution >= 0.6 is 0 Å². The maximum absolute atomic E-state index is 11.9. The Hall–Kier alpha value is -1.65. The van der Waals surface area contributed by atoms with Crippen LogP contribution in [0.3, 0.4) is 0 Å². The standard InChI is InChI=1S/C23H36O6/c1-6-18-13-20(26)23(5,15-24)21(29-18)10-8-7-9-19(25)22(27)28-14-17(4)12-11-16(2)3/h1,7-8,16,18-21,24-26H,4,9-15H2,2-3,5H3/b8-7-/t18-,19-,20-,21+,23-/m1/s1. The average molecular weight is 409 g/mol. The van der Waals surface area contributed by atoms with Crippen LogP contribution in [0.4, 0.5) is 0 Å². The van der Waals surface area contributed by atoms with Gasteiger partial charge in [-0.25, -0.2) is 4.79 Å². The zero-order valence-electron chi connectivity index (χ0n) is 17.8. The third kappa shape index (κ3) is 7.94. The minimum Gasteiger partial charge on any atom is -0.459 e. The average Bonchev–Trinajstić information content (AvgIpc) is 2.69. The van der Waals surface area contributed by atoms with Crippen molar-refractivity contribution in [1.82, 2.24) is 0 Å². The maximum atomic E-state index is 11.9. The van der Waals surface area contributed by atoms with E-state index in [9.17, 15) is 20.1 Å². The lowest BCUT2D eigenvalue weighted by Gasteiger charge is -2.45. The predicted octanol–water partition coefficient (Wildman–Crippen LogP) is 2.37. The minimum atomic E-state index is -1.26. The summed E-state index contributed by atoms with van der Waals surface area (Å²) >= 11 is 0. The smallest absolute Gasteiger partial charge is 0.335 e. The Morgan fingerprint density at radius 2 is 2.14 bits per heavy atom. The van der Waals surface area contributed by atoms with Gasteiger partial charge in [0, 0.05) is 18.3 Å². The van der Waals surface area contributed by atoms with Crippen molar-refractivity contribution in [3.8, 4) is 12.3 Å². The summed E-state index contributed by atoms with van der Waals surface area (Å²) in [6.45, 7) is 9.74. The van der Waals surface area contributed by atoms with Crippen LogP contribution < -0.4 is 0 Å². The first-order valence-corrected chi connectivity index (χ1v) is 10.2. The highest BCUT2D eigenvalue weighted by molar-refractivity contribution is 5.74. The molecule has 0 amide bonds. The fourth-order valence-corrected chi connectivity index (χ4v) is 3.11. The second kappa shape index (κ2) is 12.1. The topological polar surface area (TPSA) is 96.2 Å². The van der Waals surface area contributed by atoms with Gasteiger partial charge < -0.3 is 24.8 Å². The van der Waals surface area contributed by atoms with E-state index in [1.807, 2.05) is 0 Å². The van der Waals surface area contributed by atoms with Crippen LogP contribution in [0, 0.1) is 23.7 Å². The molecule has 6 heteroatoms. The summed E-state index contributed by atoms with van der Waals surface area (Å²) < 4.78 is 10.9. The van der Waals surface area contributed by atoms with Gasteiger partial charge in [-0.05, 0) is 30.8 Å². The number of rotatable bonds is 11. The molecule has 0 unspecified atom stereocenters. The van der Waals surface area contributed by atoms with Crippen molar-refractivity contribution in [2.45, 2.75) is 77.3 Å². The summed E-state index contributed by atoms with van der Waals surface area (Å²) in [5.41, 5.74) is 0.000127. The molecule has 0 spiro atoms. The first-order valence-electron chi connectivity index (χ1n) is 10.2. The molecule has 0 aliphatic carbocycles. The van der Waals surface area contributed by atoms with E-state index in [1.165, 1.54) is 0 Å². The molecule has 164 valence electrons. The summed E-state index contributed by atoms with van der Waals surface area (Å²) in [7, 11) is 0. The van der Waals surface area contributed by atoms with Crippen LogP contribution in [-0.4, -0.2) is 58.9 Å². The molecule has 5 atom stereocenters. The van der Waals surface area contributed by atoms with Crippen molar-refractivity contribution in [1.29, 1.82) is 0 Å². The van der Waals surface area contributed by atoms with Crippen molar-refractivity contribution in [3.63, 3.8) is 0 Å². The van der Waals surface area contributed by atoms with E-state index in [1.54, 1.807) is 19.1 Å². The van der Waals surface area contributed by atoms with Crippen LogP contribution in [0.1, 0.15) is 52.9 Å². The van der Waals surface area contributed by atoms with E-state index in [2.05, 4.69) is 26.3 Å². The van der Waals surface area contributed by atoms with Crippen LogP contribution in [0.15, 0.2) is 24.3 Å². The second-order valence-corrected chi connectivity index (χ2v) is 8.44. The Bertz CT molecular complexity index is 605. The lowest BCUT2D eigenvalue weighted by molar-refractivity contribution is -0.177. The molecule has 0 aromatic heterocycles. The summed E-state index contributed by atoms with van der Waals surface area (Å²) in [6.07, 6.45) is 8.35. The molecule has 1 rings (SSSR count). The lowest BCUT2D eigenvalue weighted by atomic mass is 9.74. The molecule has 1 aliphatic rings. The zero-order valence-corrected chi connectivity index (χ0v) is 17.8. The van der Waals surface area contributed by atoms with Crippen LogP contribution in [0.5, 0.6) is 0 Å². The van der Waals surface area contributed by atoms with Gasteiger partial charge >= 0.3 is 5.97 Å². The van der Waals surface area contributed by atoms with Crippen molar-refractivity contribution in [2.75, 3.05) is 13.2 Å². The monoisotopic (exact) mass is 408 g/mol. The number of aliphatic hydroxyl groups is 3. The van der Waals surface area contributed by atoms with Gasteiger partial charge in [0.25, 0.3) is 0 Å². The lowest BCUT2D eigenvalue weighted by Crippen LogP contribution is -2.53. The molecule has 1 heterocycles. The Kier molecular flexibility index (Phi) is 10.6. The quantitative estimate of drug-likeness (QED) is 0.276. The highest BCUT2D eigenvalue weighted by Gasteiger charge is 2.46. The minimum absolute atomic E-state index is 0.0982. The largest absolute Gasteiger partial charge is 0.459 e. The molecule has 0 aromatic rings. The Labute approximate surface area is 174 Å². The van der Waals surface area contributed by atoms with Crippen molar-refractivity contribution in [2.24, 2.45) is 11.3 Å².